The number of primary amides is 1. The number of benzene rings is 3. The topological polar surface area (TPSA) is 113 Å². The van der Waals surface area contributed by atoms with E-state index in [1.165, 1.54) is 0 Å². The first kappa shape index (κ1) is 28.1. The summed E-state index contributed by atoms with van der Waals surface area (Å²) in [5.74, 6) is -1.93. The molecule has 9 heteroatoms. The van der Waals surface area contributed by atoms with Gasteiger partial charge in [0.2, 0.25) is 17.7 Å². The Morgan fingerprint density at radius 1 is 0.875 bits per heavy atom. The number of carbonyl (C=O) groups is 3. The monoisotopic (exact) mass is 578 g/mol. The number of nitrogens with one attached hydrogen (secondary N) is 3. The Labute approximate surface area is 243 Å². The lowest BCUT2D eigenvalue weighted by Gasteiger charge is -2.28. The second-order valence-corrected chi connectivity index (χ2v) is 12.6. The summed E-state index contributed by atoms with van der Waals surface area (Å²) in [7, 11) is 0. The van der Waals surface area contributed by atoms with E-state index in [1.807, 2.05) is 18.2 Å². The van der Waals surface area contributed by atoms with Crippen LogP contribution in [0.5, 0.6) is 0 Å². The minimum absolute atomic E-state index is 0.101. The highest BCUT2D eigenvalue weighted by Gasteiger charge is 2.72. The first-order chi connectivity index (χ1) is 18.9. The maximum Gasteiger partial charge on any atom is 0.248 e. The van der Waals surface area contributed by atoms with E-state index < -0.39 is 29.3 Å². The second kappa shape index (κ2) is 10.5. The molecule has 1 saturated carbocycles. The fourth-order valence-electron chi connectivity index (χ4n) is 6.29. The number of anilines is 2. The molecule has 1 saturated heterocycles. The summed E-state index contributed by atoms with van der Waals surface area (Å²) in [6, 6.07) is 20.0. The van der Waals surface area contributed by atoms with Crippen molar-refractivity contribution in [1.29, 1.82) is 0 Å². The summed E-state index contributed by atoms with van der Waals surface area (Å²) < 4.78 is 0. The maximum atomic E-state index is 14.1. The molecule has 0 bridgehead atoms. The van der Waals surface area contributed by atoms with E-state index in [0.717, 1.165) is 12.0 Å². The van der Waals surface area contributed by atoms with Crippen LogP contribution in [0.25, 0.3) is 0 Å². The zero-order chi connectivity index (χ0) is 28.8. The van der Waals surface area contributed by atoms with Crippen LogP contribution in [-0.2, 0) is 9.59 Å². The highest BCUT2D eigenvalue weighted by atomic mass is 35.5. The lowest BCUT2D eigenvalue weighted by atomic mass is 9.76. The summed E-state index contributed by atoms with van der Waals surface area (Å²) in [4.78, 5) is 39.5. The van der Waals surface area contributed by atoms with E-state index in [1.54, 1.807) is 54.6 Å². The number of amides is 3. The third-order valence-corrected chi connectivity index (χ3v) is 8.54. The first-order valence-corrected chi connectivity index (χ1v) is 13.9. The van der Waals surface area contributed by atoms with Crippen molar-refractivity contribution < 1.29 is 14.4 Å². The van der Waals surface area contributed by atoms with Crippen LogP contribution >= 0.6 is 23.2 Å². The van der Waals surface area contributed by atoms with Crippen LogP contribution in [0.4, 0.5) is 11.4 Å². The van der Waals surface area contributed by atoms with Crippen molar-refractivity contribution >= 4 is 52.3 Å². The Kier molecular flexibility index (Phi) is 7.42. The van der Waals surface area contributed by atoms with Gasteiger partial charge >= 0.3 is 0 Å². The summed E-state index contributed by atoms with van der Waals surface area (Å²) in [5.41, 5.74) is 6.92. The molecule has 1 heterocycles. The smallest absolute Gasteiger partial charge is 0.248 e. The number of rotatable bonds is 6. The molecule has 3 aromatic rings. The zero-order valence-electron chi connectivity index (χ0n) is 22.5. The second-order valence-electron chi connectivity index (χ2n) is 11.8. The average Bonchev–Trinajstić information content (AvgIpc) is 3.51. The summed E-state index contributed by atoms with van der Waals surface area (Å²) in [6.07, 6.45) is 0.748. The molecule has 5 N–H and O–H groups in total. The van der Waals surface area contributed by atoms with Gasteiger partial charge in [0, 0.05) is 38.4 Å². The van der Waals surface area contributed by atoms with Crippen molar-refractivity contribution in [2.45, 2.75) is 44.7 Å². The predicted molar refractivity (Wildman–Crippen MR) is 159 cm³/mol. The molecule has 2 fully saturated rings. The fraction of sp³-hybridized carbons (Fsp3) is 0.323. The minimum Gasteiger partial charge on any atom is -0.366 e. The van der Waals surface area contributed by atoms with E-state index in [0.29, 0.717) is 27.0 Å². The predicted octanol–water partition coefficient (Wildman–Crippen LogP) is 5.85. The summed E-state index contributed by atoms with van der Waals surface area (Å²) in [5, 5.41) is 10.7. The van der Waals surface area contributed by atoms with Gasteiger partial charge < -0.3 is 16.4 Å². The SMILES string of the molecule is CC(C)(C)C1CC12N[C@@H](C(=O)Nc1ccc(C(N)=O)cc1)[C@H](c1cccc(Cl)c1)[C@@H]2C(=O)Nc1cccc(Cl)c1. The Bertz CT molecular complexity index is 1470. The minimum atomic E-state index is -0.725. The zero-order valence-corrected chi connectivity index (χ0v) is 24.0. The molecule has 5 rings (SSSR count). The van der Waals surface area contributed by atoms with Crippen LogP contribution in [0, 0.1) is 17.3 Å². The van der Waals surface area contributed by atoms with Gasteiger partial charge in [-0.3, -0.25) is 19.7 Å². The van der Waals surface area contributed by atoms with Gasteiger partial charge in [-0.1, -0.05) is 62.2 Å². The molecule has 3 amide bonds. The highest BCUT2D eigenvalue weighted by Crippen LogP contribution is 2.64. The molecule has 0 radical (unpaired) electrons. The molecule has 7 nitrogen and oxygen atoms in total. The van der Waals surface area contributed by atoms with E-state index in [4.69, 9.17) is 28.9 Å². The molecule has 3 aromatic carbocycles. The summed E-state index contributed by atoms with van der Waals surface area (Å²) >= 11 is 12.6. The van der Waals surface area contributed by atoms with E-state index >= 15 is 0 Å². The van der Waals surface area contributed by atoms with Crippen LogP contribution in [0.3, 0.4) is 0 Å². The quantitative estimate of drug-likeness (QED) is 0.294. The third kappa shape index (κ3) is 5.46. The number of nitrogens with two attached hydrogens (primary N) is 1. The molecule has 2 unspecified atom stereocenters. The molecule has 208 valence electrons. The van der Waals surface area contributed by atoms with Gasteiger partial charge in [0.1, 0.15) is 0 Å². The summed E-state index contributed by atoms with van der Waals surface area (Å²) in [6.45, 7) is 6.46. The van der Waals surface area contributed by atoms with E-state index in [2.05, 4.69) is 36.7 Å². The first-order valence-electron chi connectivity index (χ1n) is 13.2. The third-order valence-electron chi connectivity index (χ3n) is 8.07. The molecule has 40 heavy (non-hydrogen) atoms. The van der Waals surface area contributed by atoms with Crippen molar-refractivity contribution in [3.8, 4) is 0 Å². The van der Waals surface area contributed by atoms with Gasteiger partial charge in [-0.25, -0.2) is 0 Å². The Balaban J connectivity index is 1.54. The van der Waals surface area contributed by atoms with Gasteiger partial charge in [0.05, 0.1) is 12.0 Å². The number of carbonyl (C=O) groups excluding carboxylic acids is 3. The van der Waals surface area contributed by atoms with Crippen LogP contribution in [0.1, 0.15) is 49.0 Å². The Hall–Kier alpha value is -3.39. The maximum absolute atomic E-state index is 14.1. The molecule has 1 spiro atoms. The molecular formula is C31H32Cl2N4O3. The van der Waals surface area contributed by atoms with Crippen molar-refractivity contribution in [2.75, 3.05) is 10.6 Å². The highest BCUT2D eigenvalue weighted by molar-refractivity contribution is 6.31. The van der Waals surface area contributed by atoms with Gasteiger partial charge in [-0.2, -0.15) is 0 Å². The Morgan fingerprint density at radius 3 is 2.08 bits per heavy atom. The lowest BCUT2D eigenvalue weighted by molar-refractivity contribution is -0.121. The van der Waals surface area contributed by atoms with Crippen molar-refractivity contribution in [2.24, 2.45) is 23.0 Å². The normalized spacial score (nSPS) is 25.4. The van der Waals surface area contributed by atoms with E-state index in [9.17, 15) is 14.4 Å². The van der Waals surface area contributed by atoms with E-state index in [-0.39, 0.29) is 23.1 Å². The lowest BCUT2D eigenvalue weighted by Crippen LogP contribution is -2.44. The van der Waals surface area contributed by atoms with Crippen LogP contribution in [0.2, 0.25) is 10.0 Å². The number of halogens is 2. The van der Waals surface area contributed by atoms with Gasteiger partial charge in [0.25, 0.3) is 0 Å². The number of hydrogen-bond donors (Lipinski definition) is 4. The molecular weight excluding hydrogens is 547 g/mol. The van der Waals surface area contributed by atoms with Crippen LogP contribution in [0.15, 0.2) is 72.8 Å². The molecule has 1 aliphatic heterocycles. The van der Waals surface area contributed by atoms with Crippen molar-refractivity contribution in [3.05, 3.63) is 94.0 Å². The van der Waals surface area contributed by atoms with Gasteiger partial charge in [0.15, 0.2) is 0 Å². The molecule has 2 aliphatic rings. The molecule has 5 atom stereocenters. The largest absolute Gasteiger partial charge is 0.366 e. The van der Waals surface area contributed by atoms with Gasteiger partial charge in [-0.15, -0.1) is 0 Å². The van der Waals surface area contributed by atoms with Crippen LogP contribution in [-0.4, -0.2) is 29.3 Å². The van der Waals surface area contributed by atoms with Crippen LogP contribution < -0.4 is 21.7 Å². The number of hydrogen-bond acceptors (Lipinski definition) is 4. The fourth-order valence-corrected chi connectivity index (χ4v) is 6.68. The van der Waals surface area contributed by atoms with Crippen molar-refractivity contribution in [1.82, 2.24) is 5.32 Å². The Morgan fingerprint density at radius 2 is 1.50 bits per heavy atom. The standard InChI is InChI=1S/C31H32Cl2N4O3/c1-30(2,3)23-16-31(23)25(28(39)36-22-9-5-8-20(33)15-22)24(18-6-4-7-19(32)14-18)26(37-31)29(40)35-21-12-10-17(11-13-21)27(34)38/h4-15,23-26,37H,16H2,1-3H3,(H2,34,38)(H,35,40)(H,36,39)/t23?,24-,25-,26-,31?/m1/s1. The average molecular weight is 580 g/mol. The van der Waals surface area contributed by atoms with Crippen molar-refractivity contribution in [3.63, 3.8) is 0 Å². The molecule has 1 aliphatic carbocycles. The molecule has 0 aromatic heterocycles. The van der Waals surface area contributed by atoms with Gasteiger partial charge in [-0.05, 0) is 77.9 Å².